The molecule has 1 aromatic carbocycles. The van der Waals surface area contributed by atoms with E-state index < -0.39 is 6.23 Å². The Kier molecular flexibility index (Phi) is 6.16. The van der Waals surface area contributed by atoms with Gasteiger partial charge in [-0.25, -0.2) is 10.0 Å². The summed E-state index contributed by atoms with van der Waals surface area (Å²) in [6, 6.07) is 7.09. The molecule has 0 bridgehead atoms. The fraction of sp³-hybridized carbons (Fsp3) is 0.438. The molecule has 8 heteroatoms. The molecule has 1 aromatic rings. The molecule has 1 unspecified atom stereocenters. The van der Waals surface area contributed by atoms with Crippen molar-refractivity contribution < 1.29 is 10.2 Å². The Morgan fingerprint density at radius 1 is 1.33 bits per heavy atom. The topological polar surface area (TPSA) is 108 Å². The molecule has 1 heterocycles. The van der Waals surface area contributed by atoms with Crippen molar-refractivity contribution in [3.05, 3.63) is 29.8 Å². The molecule has 4 N–H and O–H groups in total. The highest BCUT2D eigenvalue weighted by Crippen LogP contribution is 2.19. The van der Waals surface area contributed by atoms with Crippen molar-refractivity contribution in [2.45, 2.75) is 6.23 Å². The summed E-state index contributed by atoms with van der Waals surface area (Å²) in [7, 11) is 5.61. The number of amidine groups is 1. The van der Waals surface area contributed by atoms with Gasteiger partial charge in [0, 0.05) is 20.1 Å². The maximum atomic E-state index is 9.92. The predicted molar refractivity (Wildman–Crippen MR) is 95.1 cm³/mol. The van der Waals surface area contributed by atoms with E-state index in [4.69, 9.17) is 10.5 Å². The van der Waals surface area contributed by atoms with Gasteiger partial charge in [-0.05, 0) is 31.8 Å². The van der Waals surface area contributed by atoms with Gasteiger partial charge >= 0.3 is 0 Å². The standard InChI is InChI=1S/C16H24N6O2/c1-21(2)10-13-14(15(17)22(3)20-13)19-12-6-4-11(5-7-12)16(24)18-8-9-23/h4-7,16-18,23-24H,8-10H2,1-3H3. The number of aliphatic hydroxyl groups excluding tert-OH is 2. The summed E-state index contributed by atoms with van der Waals surface area (Å²) >= 11 is 0. The smallest absolute Gasteiger partial charge is 0.169 e. The maximum absolute atomic E-state index is 9.92. The Balaban J connectivity index is 2.17. The first-order chi connectivity index (χ1) is 11.4. The number of aliphatic imine (C=N–C) groups is 1. The van der Waals surface area contributed by atoms with E-state index in [2.05, 4.69) is 15.4 Å². The second kappa shape index (κ2) is 8.11. The number of hydrazone groups is 1. The second-order valence-electron chi connectivity index (χ2n) is 5.79. The molecule has 0 aliphatic carbocycles. The molecule has 24 heavy (non-hydrogen) atoms. The minimum absolute atomic E-state index is 0.0353. The Hall–Kier alpha value is -2.13. The zero-order valence-corrected chi connectivity index (χ0v) is 14.2. The minimum Gasteiger partial charge on any atom is -0.395 e. The van der Waals surface area contributed by atoms with E-state index in [-0.39, 0.29) is 12.4 Å². The van der Waals surface area contributed by atoms with Crippen LogP contribution in [0.5, 0.6) is 0 Å². The van der Waals surface area contributed by atoms with E-state index in [1.165, 1.54) is 5.01 Å². The lowest BCUT2D eigenvalue weighted by atomic mass is 10.1. The molecule has 130 valence electrons. The van der Waals surface area contributed by atoms with Crippen molar-refractivity contribution in [3.8, 4) is 0 Å². The summed E-state index contributed by atoms with van der Waals surface area (Å²) in [4.78, 5) is 6.52. The summed E-state index contributed by atoms with van der Waals surface area (Å²) in [5.74, 6) is 0.264. The van der Waals surface area contributed by atoms with Crippen LogP contribution >= 0.6 is 0 Å². The molecule has 2 rings (SSSR count). The number of rotatable bonds is 7. The van der Waals surface area contributed by atoms with E-state index in [1.807, 2.05) is 19.0 Å². The van der Waals surface area contributed by atoms with Crippen LogP contribution in [0.2, 0.25) is 0 Å². The predicted octanol–water partition coefficient (Wildman–Crippen LogP) is 0.172. The van der Waals surface area contributed by atoms with Crippen LogP contribution in [0.25, 0.3) is 0 Å². The molecule has 1 aliphatic rings. The first-order valence-electron chi connectivity index (χ1n) is 7.68. The summed E-state index contributed by atoms with van der Waals surface area (Å²) < 4.78 is 0. The summed E-state index contributed by atoms with van der Waals surface area (Å²) in [6.07, 6.45) is -0.833. The Morgan fingerprint density at radius 2 is 2.00 bits per heavy atom. The summed E-state index contributed by atoms with van der Waals surface area (Å²) in [5.41, 5.74) is 2.68. The SMILES string of the molecule is CN(C)CC1=NN(C)C(=N)C1=Nc1ccc(C(O)NCCO)cc1. The van der Waals surface area contributed by atoms with Crippen molar-refractivity contribution in [2.75, 3.05) is 40.8 Å². The zero-order chi connectivity index (χ0) is 17.7. The number of nitrogens with zero attached hydrogens (tertiary/aromatic N) is 4. The quantitative estimate of drug-likeness (QED) is 0.533. The van der Waals surface area contributed by atoms with Crippen LogP contribution in [0.15, 0.2) is 34.4 Å². The van der Waals surface area contributed by atoms with E-state index in [1.54, 1.807) is 31.3 Å². The van der Waals surface area contributed by atoms with Gasteiger partial charge in [-0.15, -0.1) is 0 Å². The largest absolute Gasteiger partial charge is 0.395 e. The Bertz CT molecular complexity index is 638. The summed E-state index contributed by atoms with van der Waals surface area (Å²) in [5, 5.41) is 35.4. The number of benzene rings is 1. The van der Waals surface area contributed by atoms with Crippen LogP contribution in [0.3, 0.4) is 0 Å². The monoisotopic (exact) mass is 332 g/mol. The van der Waals surface area contributed by atoms with Gasteiger partial charge in [0.1, 0.15) is 17.7 Å². The fourth-order valence-corrected chi connectivity index (χ4v) is 2.27. The number of hydrogen-bond donors (Lipinski definition) is 4. The third kappa shape index (κ3) is 4.45. The van der Waals surface area contributed by atoms with Gasteiger partial charge in [-0.2, -0.15) is 5.10 Å². The number of hydrogen-bond acceptors (Lipinski definition) is 7. The van der Waals surface area contributed by atoms with Crippen LogP contribution in [-0.4, -0.2) is 78.2 Å². The van der Waals surface area contributed by atoms with Crippen molar-refractivity contribution >= 4 is 22.9 Å². The molecule has 1 atom stereocenters. The van der Waals surface area contributed by atoms with Gasteiger partial charge in [0.2, 0.25) is 0 Å². The minimum atomic E-state index is -0.833. The lowest BCUT2D eigenvalue weighted by Gasteiger charge is -2.12. The van der Waals surface area contributed by atoms with Crippen molar-refractivity contribution in [1.29, 1.82) is 5.41 Å². The molecule has 0 amide bonds. The fourth-order valence-electron chi connectivity index (χ4n) is 2.27. The normalized spacial score (nSPS) is 17.8. The molecular weight excluding hydrogens is 308 g/mol. The zero-order valence-electron chi connectivity index (χ0n) is 14.2. The Morgan fingerprint density at radius 3 is 2.58 bits per heavy atom. The van der Waals surface area contributed by atoms with E-state index >= 15 is 0 Å². The van der Waals surface area contributed by atoms with E-state index in [0.717, 1.165) is 5.71 Å². The lowest BCUT2D eigenvalue weighted by molar-refractivity contribution is 0.129. The number of aliphatic hydroxyl groups is 2. The van der Waals surface area contributed by atoms with E-state index in [9.17, 15) is 5.11 Å². The molecule has 8 nitrogen and oxygen atoms in total. The molecule has 1 aliphatic heterocycles. The first-order valence-corrected chi connectivity index (χ1v) is 7.68. The highest BCUT2D eigenvalue weighted by atomic mass is 16.3. The van der Waals surface area contributed by atoms with Crippen molar-refractivity contribution in [3.63, 3.8) is 0 Å². The average molecular weight is 332 g/mol. The Labute approximate surface area is 141 Å². The highest BCUT2D eigenvalue weighted by Gasteiger charge is 2.26. The van der Waals surface area contributed by atoms with E-state index in [0.29, 0.717) is 30.1 Å². The van der Waals surface area contributed by atoms with Crippen molar-refractivity contribution in [1.82, 2.24) is 15.2 Å². The third-order valence-electron chi connectivity index (χ3n) is 3.46. The molecule has 0 saturated heterocycles. The molecule has 0 saturated carbocycles. The van der Waals surface area contributed by atoms with Crippen LogP contribution in [0, 0.1) is 5.41 Å². The molecule has 0 spiro atoms. The number of nitrogens with one attached hydrogen (secondary N) is 2. The molecule has 0 aromatic heterocycles. The van der Waals surface area contributed by atoms with Gasteiger partial charge < -0.3 is 15.1 Å². The van der Waals surface area contributed by atoms with Crippen LogP contribution in [0.1, 0.15) is 11.8 Å². The van der Waals surface area contributed by atoms with Gasteiger partial charge in [0.05, 0.1) is 12.3 Å². The third-order valence-corrected chi connectivity index (χ3v) is 3.46. The van der Waals surface area contributed by atoms with Gasteiger partial charge in [0.15, 0.2) is 5.84 Å². The van der Waals surface area contributed by atoms with Crippen LogP contribution < -0.4 is 5.32 Å². The van der Waals surface area contributed by atoms with Gasteiger partial charge in [-0.3, -0.25) is 10.7 Å². The lowest BCUT2D eigenvalue weighted by Crippen LogP contribution is -2.30. The highest BCUT2D eigenvalue weighted by molar-refractivity contribution is 6.70. The molecular formula is C16H24N6O2. The molecule has 0 radical (unpaired) electrons. The average Bonchev–Trinajstić information content (AvgIpc) is 2.80. The van der Waals surface area contributed by atoms with Gasteiger partial charge in [-0.1, -0.05) is 12.1 Å². The van der Waals surface area contributed by atoms with Gasteiger partial charge in [0.25, 0.3) is 0 Å². The maximum Gasteiger partial charge on any atom is 0.169 e. The first kappa shape index (κ1) is 18.2. The van der Waals surface area contributed by atoms with Crippen LogP contribution in [0.4, 0.5) is 5.69 Å². The van der Waals surface area contributed by atoms with Crippen molar-refractivity contribution in [2.24, 2.45) is 10.1 Å². The molecule has 0 fully saturated rings. The van der Waals surface area contributed by atoms with Crippen LogP contribution in [-0.2, 0) is 0 Å². The second-order valence-corrected chi connectivity index (χ2v) is 5.79. The summed E-state index contributed by atoms with van der Waals surface area (Å²) in [6.45, 7) is 0.888.